The van der Waals surface area contributed by atoms with Crippen molar-refractivity contribution >= 4 is 11.9 Å². The number of esters is 2. The van der Waals surface area contributed by atoms with Gasteiger partial charge in [-0.05, 0) is 40.5 Å². The first-order valence-electron chi connectivity index (χ1n) is 7.91. The van der Waals surface area contributed by atoms with Crippen molar-refractivity contribution in [3.63, 3.8) is 0 Å². The molecule has 24 heavy (non-hydrogen) atoms. The van der Waals surface area contributed by atoms with Gasteiger partial charge in [0.2, 0.25) is 0 Å². The molecular weight excluding hydrogens is 312 g/mol. The zero-order valence-corrected chi connectivity index (χ0v) is 14.6. The predicted octanol–water partition coefficient (Wildman–Crippen LogP) is 2.40. The minimum atomic E-state index is -0.888. The van der Waals surface area contributed by atoms with Crippen LogP contribution in [0.2, 0.25) is 0 Å². The molecule has 0 fully saturated rings. The van der Waals surface area contributed by atoms with Crippen LogP contribution in [0.25, 0.3) is 0 Å². The van der Waals surface area contributed by atoms with Crippen LogP contribution in [0.1, 0.15) is 40.5 Å². The highest BCUT2D eigenvalue weighted by Gasteiger charge is 2.23. The fourth-order valence-electron chi connectivity index (χ4n) is 1.89. The molecule has 0 aliphatic heterocycles. The second-order valence-corrected chi connectivity index (χ2v) is 5.27. The standard InChI is InChI=1S/C16H24N4O4/c1-5-23-15(21)13(9-17)7-11(3)19-20-12(4)8-14(10-18)16(22)24-6-2/h11-14H,5-8H2,1-4H3. The van der Waals surface area contributed by atoms with Gasteiger partial charge in [0, 0.05) is 0 Å². The summed E-state index contributed by atoms with van der Waals surface area (Å²) in [5.74, 6) is -2.91. The first kappa shape index (κ1) is 21.5. The maximum atomic E-state index is 11.6. The summed E-state index contributed by atoms with van der Waals surface area (Å²) in [6.45, 7) is 7.24. The van der Waals surface area contributed by atoms with Crippen molar-refractivity contribution in [3.8, 4) is 12.1 Å². The molecule has 4 unspecified atom stereocenters. The highest BCUT2D eigenvalue weighted by atomic mass is 16.5. The van der Waals surface area contributed by atoms with Gasteiger partial charge in [0.1, 0.15) is 11.8 Å². The second-order valence-electron chi connectivity index (χ2n) is 5.27. The molecule has 4 atom stereocenters. The van der Waals surface area contributed by atoms with Crippen molar-refractivity contribution in [3.05, 3.63) is 0 Å². The molecule has 0 bridgehead atoms. The van der Waals surface area contributed by atoms with Gasteiger partial charge in [-0.2, -0.15) is 20.8 Å². The average molecular weight is 336 g/mol. The third kappa shape index (κ3) is 8.23. The quantitative estimate of drug-likeness (QED) is 0.445. The van der Waals surface area contributed by atoms with E-state index < -0.39 is 23.8 Å². The van der Waals surface area contributed by atoms with E-state index in [1.807, 2.05) is 12.1 Å². The number of hydrogen-bond acceptors (Lipinski definition) is 8. The van der Waals surface area contributed by atoms with E-state index in [0.29, 0.717) is 0 Å². The van der Waals surface area contributed by atoms with Crippen LogP contribution in [0, 0.1) is 34.5 Å². The number of nitrogens with zero attached hydrogens (tertiary/aromatic N) is 4. The van der Waals surface area contributed by atoms with Crippen LogP contribution in [0.5, 0.6) is 0 Å². The number of carbonyl (C=O) groups is 2. The summed E-state index contributed by atoms with van der Waals surface area (Å²) in [6, 6.07) is 3.08. The molecule has 0 rings (SSSR count). The van der Waals surface area contributed by atoms with Gasteiger partial charge in [0.15, 0.2) is 0 Å². The summed E-state index contributed by atoms with van der Waals surface area (Å²) in [5.41, 5.74) is 0. The van der Waals surface area contributed by atoms with Gasteiger partial charge in [-0.25, -0.2) is 0 Å². The van der Waals surface area contributed by atoms with Crippen molar-refractivity contribution in [2.24, 2.45) is 22.1 Å². The Labute approximate surface area is 142 Å². The number of rotatable bonds is 10. The lowest BCUT2D eigenvalue weighted by molar-refractivity contribution is -0.147. The van der Waals surface area contributed by atoms with E-state index in [0.717, 1.165) is 0 Å². The number of ether oxygens (including phenoxy) is 2. The van der Waals surface area contributed by atoms with Crippen LogP contribution in [0.4, 0.5) is 0 Å². The molecule has 0 spiro atoms. The average Bonchev–Trinajstić information content (AvgIpc) is 2.55. The van der Waals surface area contributed by atoms with E-state index >= 15 is 0 Å². The Hall–Kier alpha value is -2.48. The molecule has 0 aromatic rings. The molecule has 0 aliphatic carbocycles. The Morgan fingerprint density at radius 2 is 1.21 bits per heavy atom. The highest BCUT2D eigenvalue weighted by molar-refractivity contribution is 5.75. The van der Waals surface area contributed by atoms with Crippen LogP contribution in [0.15, 0.2) is 10.2 Å². The van der Waals surface area contributed by atoms with Gasteiger partial charge in [0.05, 0.1) is 37.4 Å². The Balaban J connectivity index is 4.55. The fraction of sp³-hybridized carbons (Fsp3) is 0.750. The van der Waals surface area contributed by atoms with Crippen molar-refractivity contribution in [2.75, 3.05) is 13.2 Å². The van der Waals surface area contributed by atoms with Gasteiger partial charge in [-0.3, -0.25) is 9.59 Å². The Morgan fingerprint density at radius 1 is 0.875 bits per heavy atom. The van der Waals surface area contributed by atoms with Crippen molar-refractivity contribution < 1.29 is 19.1 Å². The van der Waals surface area contributed by atoms with Crippen LogP contribution in [-0.4, -0.2) is 37.2 Å². The molecule has 8 heteroatoms. The molecule has 0 saturated carbocycles. The van der Waals surface area contributed by atoms with E-state index in [9.17, 15) is 9.59 Å². The number of hydrogen-bond donors (Lipinski definition) is 0. The molecule has 0 heterocycles. The number of nitriles is 2. The summed E-state index contributed by atoms with van der Waals surface area (Å²) in [6.07, 6.45) is 0.399. The van der Waals surface area contributed by atoms with Gasteiger partial charge in [-0.1, -0.05) is 0 Å². The summed E-state index contributed by atoms with van der Waals surface area (Å²) in [7, 11) is 0. The van der Waals surface area contributed by atoms with E-state index in [1.165, 1.54) is 0 Å². The molecule has 0 aromatic heterocycles. The lowest BCUT2D eigenvalue weighted by Crippen LogP contribution is -2.21. The topological polar surface area (TPSA) is 125 Å². The van der Waals surface area contributed by atoms with Crippen LogP contribution in [-0.2, 0) is 19.1 Å². The summed E-state index contributed by atoms with van der Waals surface area (Å²) < 4.78 is 9.63. The summed E-state index contributed by atoms with van der Waals surface area (Å²) in [5, 5.41) is 26.1. The molecule has 132 valence electrons. The van der Waals surface area contributed by atoms with Gasteiger partial charge in [0.25, 0.3) is 0 Å². The molecule has 0 amide bonds. The van der Waals surface area contributed by atoms with Crippen molar-refractivity contribution in [1.82, 2.24) is 0 Å². The lowest BCUT2D eigenvalue weighted by Gasteiger charge is -2.12. The van der Waals surface area contributed by atoms with E-state index in [1.54, 1.807) is 27.7 Å². The Morgan fingerprint density at radius 3 is 1.46 bits per heavy atom. The lowest BCUT2D eigenvalue weighted by atomic mass is 10.0. The van der Waals surface area contributed by atoms with E-state index in [2.05, 4.69) is 10.2 Å². The third-order valence-corrected chi connectivity index (χ3v) is 3.07. The first-order chi connectivity index (χ1) is 11.4. The molecule has 0 saturated heterocycles. The SMILES string of the molecule is CCOC(=O)C(C#N)CC(C)N=NC(C)CC(C#N)C(=O)OCC. The monoisotopic (exact) mass is 336 g/mol. The Bertz CT molecular complexity index is 475. The van der Waals surface area contributed by atoms with E-state index in [-0.39, 0.29) is 38.1 Å². The zero-order chi connectivity index (χ0) is 18.5. The molecule has 0 aliphatic rings. The predicted molar refractivity (Wildman–Crippen MR) is 84.5 cm³/mol. The molecule has 8 nitrogen and oxygen atoms in total. The third-order valence-electron chi connectivity index (χ3n) is 3.07. The molecule has 0 N–H and O–H groups in total. The van der Waals surface area contributed by atoms with Crippen molar-refractivity contribution in [2.45, 2.75) is 52.6 Å². The Kier molecular flexibility index (Phi) is 10.8. The maximum Gasteiger partial charge on any atom is 0.323 e. The van der Waals surface area contributed by atoms with Crippen molar-refractivity contribution in [1.29, 1.82) is 10.5 Å². The molecule has 0 aromatic carbocycles. The second kappa shape index (κ2) is 12.0. The van der Waals surface area contributed by atoms with E-state index in [4.69, 9.17) is 20.0 Å². The minimum Gasteiger partial charge on any atom is -0.465 e. The number of carbonyl (C=O) groups excluding carboxylic acids is 2. The molecular formula is C16H24N4O4. The summed E-state index contributed by atoms with van der Waals surface area (Å²) in [4.78, 5) is 23.1. The van der Waals surface area contributed by atoms with Crippen LogP contribution in [0.3, 0.4) is 0 Å². The van der Waals surface area contributed by atoms with Crippen LogP contribution < -0.4 is 0 Å². The largest absolute Gasteiger partial charge is 0.465 e. The minimum absolute atomic E-state index is 0.200. The number of azo groups is 1. The van der Waals surface area contributed by atoms with Gasteiger partial charge in [-0.15, -0.1) is 0 Å². The van der Waals surface area contributed by atoms with Gasteiger partial charge >= 0.3 is 11.9 Å². The normalized spacial score (nSPS) is 15.6. The maximum absolute atomic E-state index is 11.6. The smallest absolute Gasteiger partial charge is 0.323 e. The first-order valence-corrected chi connectivity index (χ1v) is 7.91. The fourth-order valence-corrected chi connectivity index (χ4v) is 1.89. The van der Waals surface area contributed by atoms with Gasteiger partial charge < -0.3 is 9.47 Å². The molecule has 0 radical (unpaired) electrons. The van der Waals surface area contributed by atoms with Crippen LogP contribution >= 0.6 is 0 Å². The highest BCUT2D eigenvalue weighted by Crippen LogP contribution is 2.14. The zero-order valence-electron chi connectivity index (χ0n) is 14.6. The summed E-state index contributed by atoms with van der Waals surface area (Å²) >= 11 is 0.